The van der Waals surface area contributed by atoms with Crippen molar-refractivity contribution >= 4 is 51.5 Å². The molecule has 39 heavy (non-hydrogen) atoms. The van der Waals surface area contributed by atoms with Crippen molar-refractivity contribution in [2.45, 2.75) is 13.5 Å². The van der Waals surface area contributed by atoms with Gasteiger partial charge in [-0.2, -0.15) is 0 Å². The summed E-state index contributed by atoms with van der Waals surface area (Å²) in [6.45, 7) is 1.31. The van der Waals surface area contributed by atoms with Crippen LogP contribution in [-0.2, 0) is 16.1 Å². The van der Waals surface area contributed by atoms with Crippen molar-refractivity contribution in [2.75, 3.05) is 11.9 Å². The molecule has 0 unspecified atom stereocenters. The number of imide groups is 1. The summed E-state index contributed by atoms with van der Waals surface area (Å²) in [5, 5.41) is 2.11. The van der Waals surface area contributed by atoms with E-state index in [0.29, 0.717) is 33.9 Å². The monoisotopic (exact) mass is 553 g/mol. The molecule has 0 bridgehead atoms. The summed E-state index contributed by atoms with van der Waals surface area (Å²) >= 11 is 0.631. The van der Waals surface area contributed by atoms with Gasteiger partial charge >= 0.3 is 0 Å². The summed E-state index contributed by atoms with van der Waals surface area (Å²) in [5.41, 5.74) is 2.05. The number of anilines is 1. The second kappa shape index (κ2) is 10.4. The first-order valence-electron chi connectivity index (χ1n) is 11.7. The van der Waals surface area contributed by atoms with Crippen LogP contribution in [0.15, 0.2) is 65.6 Å². The molecule has 4 aromatic rings. The highest BCUT2D eigenvalue weighted by molar-refractivity contribution is 8.18. The number of nitrogens with zero attached hydrogens (tertiary/aromatic N) is 2. The zero-order chi connectivity index (χ0) is 27.8. The van der Waals surface area contributed by atoms with E-state index in [1.807, 2.05) is 41.1 Å². The van der Waals surface area contributed by atoms with E-state index in [-0.39, 0.29) is 17.3 Å². The van der Waals surface area contributed by atoms with Crippen LogP contribution in [0.3, 0.4) is 0 Å². The van der Waals surface area contributed by atoms with Crippen molar-refractivity contribution in [3.8, 4) is 0 Å². The Kier molecular flexibility index (Phi) is 7.00. The number of benzene rings is 3. The predicted molar refractivity (Wildman–Crippen MR) is 140 cm³/mol. The van der Waals surface area contributed by atoms with E-state index >= 15 is 0 Å². The minimum absolute atomic E-state index is 0.0590. The summed E-state index contributed by atoms with van der Waals surface area (Å²) in [6, 6.07) is 15.3. The number of amides is 3. The molecule has 3 aromatic carbocycles. The van der Waals surface area contributed by atoms with Crippen LogP contribution in [0.25, 0.3) is 17.0 Å². The van der Waals surface area contributed by atoms with Gasteiger partial charge in [0.15, 0.2) is 17.5 Å². The molecule has 1 fully saturated rings. The number of carbonyl (C=O) groups excluding carboxylic acids is 3. The van der Waals surface area contributed by atoms with Crippen molar-refractivity contribution in [2.24, 2.45) is 0 Å². The van der Waals surface area contributed by atoms with Crippen molar-refractivity contribution in [1.29, 1.82) is 0 Å². The Bertz CT molecular complexity index is 1700. The highest BCUT2D eigenvalue weighted by atomic mass is 32.2. The molecule has 0 atom stereocenters. The van der Waals surface area contributed by atoms with Gasteiger partial charge in [-0.25, -0.2) is 17.6 Å². The van der Waals surface area contributed by atoms with E-state index in [2.05, 4.69) is 0 Å². The number of fused-ring (bicyclic) bond motifs is 1. The van der Waals surface area contributed by atoms with Gasteiger partial charge in [0.1, 0.15) is 12.4 Å². The second-order valence-electron chi connectivity index (χ2n) is 8.73. The third kappa shape index (κ3) is 4.92. The molecule has 3 amide bonds. The smallest absolute Gasteiger partial charge is 0.294 e. The Morgan fingerprint density at radius 1 is 0.923 bits per heavy atom. The lowest BCUT2D eigenvalue weighted by atomic mass is 10.1. The van der Waals surface area contributed by atoms with Crippen LogP contribution in [0.2, 0.25) is 0 Å². The fraction of sp³-hybridized carbons (Fsp3) is 0.107. The van der Waals surface area contributed by atoms with Crippen LogP contribution >= 0.6 is 11.8 Å². The fourth-order valence-electron chi connectivity index (χ4n) is 4.36. The number of hydrogen-bond acceptors (Lipinski definition) is 4. The molecule has 1 aromatic heterocycles. The lowest BCUT2D eigenvalue weighted by Crippen LogP contribution is -2.36. The maximum absolute atomic E-state index is 14.4. The average molecular weight is 554 g/mol. The first-order chi connectivity index (χ1) is 18.7. The molecule has 1 aliphatic rings. The van der Waals surface area contributed by atoms with Crippen molar-refractivity contribution in [3.63, 3.8) is 0 Å². The summed E-state index contributed by atoms with van der Waals surface area (Å²) in [6.07, 6.45) is 1.55. The molecule has 0 spiro atoms. The number of carbonyl (C=O) groups is 3. The van der Waals surface area contributed by atoms with Crippen molar-refractivity contribution < 1.29 is 31.9 Å². The van der Waals surface area contributed by atoms with Gasteiger partial charge in [0.2, 0.25) is 5.91 Å². The minimum atomic E-state index is -1.76. The van der Waals surface area contributed by atoms with Gasteiger partial charge in [-0.3, -0.25) is 19.3 Å². The summed E-state index contributed by atoms with van der Waals surface area (Å²) in [5.74, 6) is -6.84. The maximum atomic E-state index is 14.4. The van der Waals surface area contributed by atoms with E-state index < -0.39 is 46.7 Å². The second-order valence-corrected chi connectivity index (χ2v) is 9.73. The largest absolute Gasteiger partial charge is 0.340 e. The fourth-order valence-corrected chi connectivity index (χ4v) is 5.18. The quantitative estimate of drug-likeness (QED) is 0.175. The first-order valence-corrected chi connectivity index (χ1v) is 12.5. The molecule has 0 radical (unpaired) electrons. The van der Waals surface area contributed by atoms with Crippen LogP contribution < -0.4 is 5.32 Å². The van der Waals surface area contributed by atoms with Gasteiger partial charge in [-0.15, -0.1) is 0 Å². The van der Waals surface area contributed by atoms with Crippen molar-refractivity contribution in [3.05, 3.63) is 106 Å². The molecule has 198 valence electrons. The zero-order valence-corrected chi connectivity index (χ0v) is 21.1. The Morgan fingerprint density at radius 3 is 2.41 bits per heavy atom. The molecule has 1 saturated heterocycles. The van der Waals surface area contributed by atoms with Crippen LogP contribution in [0.1, 0.15) is 16.8 Å². The highest BCUT2D eigenvalue weighted by Gasteiger charge is 2.37. The van der Waals surface area contributed by atoms with Gasteiger partial charge in [0.05, 0.1) is 17.1 Å². The standard InChI is InChI=1S/C28H19F4N3O3S/c1-15-18(17-7-3-5-9-22(17)34(15)13-16-6-2-4-8-19(16)29)12-23-27(37)35(28(38)39-23)14-24(36)33-21-11-10-20(30)25(31)26(21)32/h2-12H,13-14H2,1H3,(H,33,36)/b23-12-. The first kappa shape index (κ1) is 26.2. The highest BCUT2D eigenvalue weighted by Crippen LogP contribution is 2.36. The molecule has 2 heterocycles. The van der Waals surface area contributed by atoms with Gasteiger partial charge in [-0.05, 0) is 49.0 Å². The lowest BCUT2D eigenvalue weighted by Gasteiger charge is -2.13. The minimum Gasteiger partial charge on any atom is -0.340 e. The van der Waals surface area contributed by atoms with E-state index in [9.17, 15) is 31.9 Å². The van der Waals surface area contributed by atoms with Gasteiger partial charge in [0.25, 0.3) is 11.1 Å². The van der Waals surface area contributed by atoms with Crippen LogP contribution in [0.5, 0.6) is 0 Å². The Morgan fingerprint density at radius 2 is 1.64 bits per heavy atom. The molecule has 5 rings (SSSR count). The number of para-hydroxylation sites is 1. The molecular weight excluding hydrogens is 534 g/mol. The van der Waals surface area contributed by atoms with Crippen LogP contribution in [0.4, 0.5) is 28.0 Å². The predicted octanol–water partition coefficient (Wildman–Crippen LogP) is 6.23. The Balaban J connectivity index is 1.41. The zero-order valence-electron chi connectivity index (χ0n) is 20.3. The van der Waals surface area contributed by atoms with Crippen LogP contribution in [-0.4, -0.2) is 33.1 Å². The number of rotatable bonds is 6. The SMILES string of the molecule is Cc1c(/C=C2\SC(=O)N(CC(=O)Nc3ccc(F)c(F)c3F)C2=O)c2ccccc2n1Cc1ccccc1F. The third-order valence-electron chi connectivity index (χ3n) is 6.33. The Hall–Kier alpha value is -4.38. The number of nitrogens with one attached hydrogen (secondary N) is 1. The van der Waals surface area contributed by atoms with E-state index in [1.165, 1.54) is 6.07 Å². The summed E-state index contributed by atoms with van der Waals surface area (Å²) in [4.78, 5) is 38.8. The Labute approximate surface area is 223 Å². The molecule has 11 heteroatoms. The van der Waals surface area contributed by atoms with Gasteiger partial charge < -0.3 is 9.88 Å². The van der Waals surface area contributed by atoms with E-state index in [4.69, 9.17) is 0 Å². The van der Waals surface area contributed by atoms with E-state index in [1.54, 1.807) is 24.3 Å². The number of aromatic nitrogens is 1. The lowest BCUT2D eigenvalue weighted by molar-refractivity contribution is -0.127. The molecule has 6 nitrogen and oxygen atoms in total. The normalized spacial score (nSPS) is 14.6. The molecule has 0 aliphatic carbocycles. The maximum Gasteiger partial charge on any atom is 0.294 e. The number of thioether (sulfide) groups is 1. The molecular formula is C28H19F4N3O3S. The number of hydrogen-bond donors (Lipinski definition) is 1. The number of halogens is 4. The van der Waals surface area contributed by atoms with Crippen LogP contribution in [0, 0.1) is 30.2 Å². The summed E-state index contributed by atoms with van der Waals surface area (Å²) in [7, 11) is 0. The average Bonchev–Trinajstić information content (AvgIpc) is 3.33. The van der Waals surface area contributed by atoms with Crippen molar-refractivity contribution in [1.82, 2.24) is 9.47 Å². The molecule has 1 N–H and O–H groups in total. The molecule has 1 aliphatic heterocycles. The topological polar surface area (TPSA) is 71.4 Å². The summed E-state index contributed by atoms with van der Waals surface area (Å²) < 4.78 is 56.8. The van der Waals surface area contributed by atoms with Gasteiger partial charge in [0, 0.05) is 27.7 Å². The molecule has 0 saturated carbocycles. The van der Waals surface area contributed by atoms with Gasteiger partial charge in [-0.1, -0.05) is 36.4 Å². The van der Waals surface area contributed by atoms with E-state index in [0.717, 1.165) is 22.7 Å². The third-order valence-corrected chi connectivity index (χ3v) is 7.23.